The fraction of sp³-hybridized carbons (Fsp3) is 0. The Hall–Kier alpha value is -9.11. The molecular formula is C59H32Cl4N8O5. The summed E-state index contributed by atoms with van der Waals surface area (Å²) < 4.78 is 0. The first-order valence-electron chi connectivity index (χ1n) is 23.4. The van der Waals surface area contributed by atoms with E-state index in [-0.39, 0.29) is 28.3 Å². The van der Waals surface area contributed by atoms with Crippen molar-refractivity contribution in [2.24, 2.45) is 20.5 Å². The molecule has 1 aliphatic rings. The van der Waals surface area contributed by atoms with Crippen molar-refractivity contribution in [2.75, 3.05) is 10.6 Å². The number of benzene rings is 10. The van der Waals surface area contributed by atoms with Crippen LogP contribution in [-0.2, 0) is 0 Å². The molecule has 0 aliphatic heterocycles. The van der Waals surface area contributed by atoms with Gasteiger partial charge in [-0.2, -0.15) is 10.2 Å². The summed E-state index contributed by atoms with van der Waals surface area (Å²) in [6, 6.07) is 45.0. The summed E-state index contributed by atoms with van der Waals surface area (Å²) in [7, 11) is 0. The van der Waals surface area contributed by atoms with Crippen molar-refractivity contribution in [3.63, 3.8) is 0 Å². The van der Waals surface area contributed by atoms with Gasteiger partial charge in [0.1, 0.15) is 11.4 Å². The number of halogens is 4. The van der Waals surface area contributed by atoms with Crippen LogP contribution >= 0.6 is 46.4 Å². The zero-order valence-corrected chi connectivity index (χ0v) is 42.0. The number of nitrogens with zero attached hydrogens (tertiary/aromatic N) is 4. The Morgan fingerprint density at radius 1 is 0.421 bits per heavy atom. The van der Waals surface area contributed by atoms with E-state index < -0.39 is 23.3 Å². The first-order valence-corrected chi connectivity index (χ1v) is 24.9. The van der Waals surface area contributed by atoms with Crippen LogP contribution in [0.3, 0.4) is 0 Å². The topological polar surface area (TPSA) is 197 Å². The molecule has 0 atom stereocenters. The fourth-order valence-electron chi connectivity index (χ4n) is 10.0. The van der Waals surface area contributed by atoms with E-state index >= 15 is 0 Å². The Bertz CT molecular complexity index is 4320. The van der Waals surface area contributed by atoms with Crippen LogP contribution in [0.1, 0.15) is 36.6 Å². The minimum Gasteiger partial charge on any atom is -0.505 e. The quantitative estimate of drug-likeness (QED) is 0.0822. The number of aromatic nitrogens is 2. The molecule has 1 aliphatic carbocycles. The number of aromatic amines is 2. The first-order chi connectivity index (χ1) is 36.8. The highest BCUT2D eigenvalue weighted by atomic mass is 35.5. The van der Waals surface area contributed by atoms with Crippen molar-refractivity contribution < 1.29 is 24.6 Å². The van der Waals surface area contributed by atoms with Gasteiger partial charge in [0.25, 0.3) is 11.8 Å². The summed E-state index contributed by atoms with van der Waals surface area (Å²) in [6.45, 7) is 0. The van der Waals surface area contributed by atoms with Crippen LogP contribution in [0.2, 0.25) is 20.1 Å². The molecular weight excluding hydrogens is 1040 g/mol. The molecule has 366 valence electrons. The lowest BCUT2D eigenvalue weighted by atomic mass is 10.00. The number of rotatable bonds is 8. The minimum atomic E-state index is -0.588. The molecule has 2 aromatic heterocycles. The second-order valence-electron chi connectivity index (χ2n) is 18.2. The number of aromatic hydroxyl groups is 2. The van der Waals surface area contributed by atoms with E-state index in [1.54, 1.807) is 109 Å². The predicted molar refractivity (Wildman–Crippen MR) is 302 cm³/mol. The van der Waals surface area contributed by atoms with Crippen molar-refractivity contribution in [3.05, 3.63) is 200 Å². The average molecular weight is 1070 g/mol. The average Bonchev–Trinajstić information content (AvgIpc) is 4.09. The molecule has 76 heavy (non-hydrogen) atoms. The van der Waals surface area contributed by atoms with Crippen molar-refractivity contribution >= 4 is 163 Å². The lowest BCUT2D eigenvalue weighted by Gasteiger charge is -2.12. The Kier molecular flexibility index (Phi) is 11.1. The molecule has 13 nitrogen and oxygen atoms in total. The van der Waals surface area contributed by atoms with E-state index in [1.807, 2.05) is 48.5 Å². The lowest BCUT2D eigenvalue weighted by molar-refractivity contribution is 0.101. The van der Waals surface area contributed by atoms with Crippen LogP contribution in [0.25, 0.3) is 76.3 Å². The maximum Gasteiger partial charge on any atom is 0.259 e. The van der Waals surface area contributed by atoms with Gasteiger partial charge in [0.2, 0.25) is 0 Å². The number of nitrogens with one attached hydrogen (secondary N) is 4. The largest absolute Gasteiger partial charge is 0.505 e. The highest BCUT2D eigenvalue weighted by Gasteiger charge is 2.29. The Labute approximate surface area is 449 Å². The normalized spacial score (nSPS) is 12.3. The second-order valence-corrected chi connectivity index (χ2v) is 19.9. The number of carbonyl (C=O) groups is 3. The summed E-state index contributed by atoms with van der Waals surface area (Å²) in [6.07, 6.45) is 0. The van der Waals surface area contributed by atoms with Crippen LogP contribution < -0.4 is 10.6 Å². The monoisotopic (exact) mass is 1070 g/mol. The van der Waals surface area contributed by atoms with Crippen molar-refractivity contribution in [3.8, 4) is 22.6 Å². The number of carbonyl (C=O) groups excluding carboxylic acids is 3. The van der Waals surface area contributed by atoms with Gasteiger partial charge in [-0.1, -0.05) is 82.8 Å². The molecule has 0 bridgehead atoms. The molecule has 2 amide bonds. The molecule has 13 rings (SSSR count). The van der Waals surface area contributed by atoms with E-state index in [0.29, 0.717) is 97.7 Å². The van der Waals surface area contributed by atoms with Crippen molar-refractivity contribution in [1.82, 2.24) is 9.97 Å². The third-order valence-electron chi connectivity index (χ3n) is 13.6. The number of phenolic OH excluding ortho intramolecular Hbond substituents is 2. The molecule has 12 aromatic rings. The Morgan fingerprint density at radius 3 is 1.25 bits per heavy atom. The molecule has 0 saturated carbocycles. The van der Waals surface area contributed by atoms with Crippen LogP contribution in [0.5, 0.6) is 11.5 Å². The van der Waals surface area contributed by atoms with Gasteiger partial charge in [-0.05, 0) is 143 Å². The van der Waals surface area contributed by atoms with E-state index in [9.17, 15) is 24.6 Å². The van der Waals surface area contributed by atoms with Gasteiger partial charge in [0.05, 0.1) is 33.5 Å². The van der Waals surface area contributed by atoms with Gasteiger partial charge in [-0.15, -0.1) is 10.2 Å². The smallest absolute Gasteiger partial charge is 0.259 e. The van der Waals surface area contributed by atoms with Crippen LogP contribution in [-0.4, -0.2) is 37.8 Å². The van der Waals surface area contributed by atoms with Gasteiger partial charge in [0.15, 0.2) is 17.3 Å². The number of hydrogen-bond acceptors (Lipinski definition) is 9. The van der Waals surface area contributed by atoms with E-state index in [0.717, 1.165) is 32.6 Å². The van der Waals surface area contributed by atoms with Gasteiger partial charge in [-0.25, -0.2) is 0 Å². The molecule has 0 unspecified atom stereocenters. The SMILES string of the molecule is O=C1c2cc(N=Nc3c(O)c(C(=O)Nc4ccc(Cl)cc4)cc4ccc5c6cc(Cl)ccc6[nH]c5c34)ccc2-c2ccc(N=Nc3c(O)c(C(=O)Nc4ccc(Cl)cc4)cc4ccc5c6cc(Cl)ccc6[nH]c5c34)cc21. The minimum absolute atomic E-state index is 0.0216. The molecule has 6 N–H and O–H groups in total. The first kappa shape index (κ1) is 46.7. The third-order valence-corrected chi connectivity index (χ3v) is 14.6. The summed E-state index contributed by atoms with van der Waals surface area (Å²) in [5, 5.41) is 55.5. The summed E-state index contributed by atoms with van der Waals surface area (Å²) >= 11 is 25.0. The number of hydrogen-bond donors (Lipinski definition) is 6. The highest BCUT2D eigenvalue weighted by Crippen LogP contribution is 2.48. The van der Waals surface area contributed by atoms with Crippen molar-refractivity contribution in [1.29, 1.82) is 0 Å². The number of H-pyrrole nitrogens is 2. The summed E-state index contributed by atoms with van der Waals surface area (Å²) in [5.74, 6) is -2.31. The Balaban J connectivity index is 0.862. The van der Waals surface area contributed by atoms with Gasteiger partial charge in [0, 0.05) is 85.9 Å². The number of fused-ring (bicyclic) bond motifs is 13. The standard InChI is InChI=1S/C59H32Cl4N8O5/c60-29-3-9-33(10-4-29)64-58(75)45-21-27-1-15-39-41-23-31(62)7-19-47(41)66-51(39)49(27)53(56(45)73)70-68-35-13-17-37-38-18-14-36(26-44(38)55(72)43(37)25-35)69-71-54-50-28(2-16-40-42-24-32(63)8-20-48(42)67-52(40)50)22-46(57(54)74)59(76)65-34-11-5-30(61)6-12-34/h1-26,66-67,73-74H,(H,64,75)(H,65,76). The predicted octanol–water partition coefficient (Wildman–Crippen LogP) is 17.8. The van der Waals surface area contributed by atoms with E-state index in [2.05, 4.69) is 41.1 Å². The van der Waals surface area contributed by atoms with Gasteiger partial charge in [-0.3, -0.25) is 14.4 Å². The molecule has 10 aromatic carbocycles. The second kappa shape index (κ2) is 18.1. The number of anilines is 2. The maximum atomic E-state index is 14.3. The Morgan fingerprint density at radius 2 is 0.829 bits per heavy atom. The number of azo groups is 2. The summed E-state index contributed by atoms with van der Waals surface area (Å²) in [5.41, 5.74) is 6.37. The number of phenols is 2. The summed E-state index contributed by atoms with van der Waals surface area (Å²) in [4.78, 5) is 48.8. The lowest BCUT2D eigenvalue weighted by Crippen LogP contribution is -2.12. The number of ketones is 1. The van der Waals surface area contributed by atoms with E-state index in [1.165, 1.54) is 0 Å². The van der Waals surface area contributed by atoms with Crippen molar-refractivity contribution in [2.45, 2.75) is 0 Å². The fourth-order valence-corrected chi connectivity index (χ4v) is 10.6. The van der Waals surface area contributed by atoms with Crippen LogP contribution in [0.15, 0.2) is 178 Å². The third kappa shape index (κ3) is 7.92. The van der Waals surface area contributed by atoms with E-state index in [4.69, 9.17) is 46.4 Å². The molecule has 0 saturated heterocycles. The molecule has 17 heteroatoms. The number of amides is 2. The zero-order valence-electron chi connectivity index (χ0n) is 38.9. The molecule has 0 spiro atoms. The molecule has 2 heterocycles. The zero-order chi connectivity index (χ0) is 52.1. The molecule has 0 fully saturated rings. The maximum absolute atomic E-state index is 14.3. The highest BCUT2D eigenvalue weighted by molar-refractivity contribution is 6.34. The van der Waals surface area contributed by atoms with Gasteiger partial charge >= 0.3 is 0 Å². The van der Waals surface area contributed by atoms with Gasteiger partial charge < -0.3 is 30.8 Å². The molecule has 0 radical (unpaired) electrons. The van der Waals surface area contributed by atoms with Crippen LogP contribution in [0.4, 0.5) is 34.1 Å². The van der Waals surface area contributed by atoms with Crippen LogP contribution in [0, 0.1) is 0 Å².